The zero-order valence-corrected chi connectivity index (χ0v) is 8.44. The van der Waals surface area contributed by atoms with E-state index in [9.17, 15) is 18.3 Å². The third-order valence-corrected chi connectivity index (χ3v) is 2.25. The second-order valence-electron chi connectivity index (χ2n) is 3.39. The number of aliphatic hydroxyl groups is 1. The van der Waals surface area contributed by atoms with Gasteiger partial charge in [0.25, 0.3) is 0 Å². The topological polar surface area (TPSA) is 61.8 Å². The Bertz CT molecular complexity index is 478. The minimum Gasteiger partial charge on any atom is -0.380 e. The predicted octanol–water partition coefficient (Wildman–Crippen LogP) is 1.91. The lowest BCUT2D eigenvalue weighted by atomic mass is 10.1. The van der Waals surface area contributed by atoms with E-state index in [0.717, 1.165) is 12.1 Å². The molecule has 4 nitrogen and oxygen atoms in total. The summed E-state index contributed by atoms with van der Waals surface area (Å²) in [6.45, 7) is 0. The summed E-state index contributed by atoms with van der Waals surface area (Å²) in [6, 6.07) is 4.23. The van der Waals surface area contributed by atoms with Gasteiger partial charge in [-0.1, -0.05) is 12.1 Å². The number of hydrogen-bond donors (Lipinski definition) is 2. The van der Waals surface area contributed by atoms with Gasteiger partial charge in [-0.05, 0) is 17.7 Å². The molecule has 0 aliphatic carbocycles. The van der Waals surface area contributed by atoms with E-state index < -0.39 is 17.8 Å². The summed E-state index contributed by atoms with van der Waals surface area (Å²) in [6.07, 6.45) is -4.28. The molecule has 0 radical (unpaired) electrons. The number of H-pyrrole nitrogens is 1. The summed E-state index contributed by atoms with van der Waals surface area (Å²) in [4.78, 5) is 3.72. The van der Waals surface area contributed by atoms with Crippen molar-refractivity contribution < 1.29 is 18.3 Å². The number of nitrogens with zero attached hydrogens (tertiary/aromatic N) is 2. The summed E-state index contributed by atoms with van der Waals surface area (Å²) in [5.74, 6) is 0.185. The lowest BCUT2D eigenvalue weighted by Crippen LogP contribution is -2.06. The molecule has 0 amide bonds. The number of aromatic amines is 1. The van der Waals surface area contributed by atoms with Crippen molar-refractivity contribution in [3.05, 3.63) is 47.5 Å². The first kappa shape index (κ1) is 11.6. The highest BCUT2D eigenvalue weighted by molar-refractivity contribution is 5.28. The number of nitrogens with one attached hydrogen (secondary N) is 1. The minimum atomic E-state index is -4.38. The molecular weight excluding hydrogens is 235 g/mol. The number of halogens is 3. The van der Waals surface area contributed by atoms with Crippen molar-refractivity contribution in [3.8, 4) is 0 Å². The van der Waals surface area contributed by atoms with Gasteiger partial charge in [-0.15, -0.1) is 0 Å². The van der Waals surface area contributed by atoms with Crippen LogP contribution in [0.2, 0.25) is 0 Å². The van der Waals surface area contributed by atoms with E-state index in [-0.39, 0.29) is 5.82 Å². The molecule has 1 unspecified atom stereocenters. The fourth-order valence-corrected chi connectivity index (χ4v) is 1.36. The average Bonchev–Trinajstić information content (AvgIpc) is 2.80. The summed E-state index contributed by atoms with van der Waals surface area (Å²) < 4.78 is 36.9. The fraction of sp³-hybridized carbons (Fsp3) is 0.200. The minimum absolute atomic E-state index is 0.185. The van der Waals surface area contributed by atoms with Gasteiger partial charge in [-0.25, -0.2) is 4.98 Å². The van der Waals surface area contributed by atoms with Gasteiger partial charge in [0.1, 0.15) is 12.4 Å². The molecule has 1 aromatic carbocycles. The van der Waals surface area contributed by atoms with Crippen molar-refractivity contribution in [3.63, 3.8) is 0 Å². The van der Waals surface area contributed by atoms with Crippen molar-refractivity contribution >= 4 is 0 Å². The molecule has 0 aliphatic heterocycles. The van der Waals surface area contributed by atoms with Crippen molar-refractivity contribution in [2.75, 3.05) is 0 Å². The van der Waals surface area contributed by atoms with Crippen LogP contribution in [0.3, 0.4) is 0 Å². The third-order valence-electron chi connectivity index (χ3n) is 2.25. The molecule has 1 aromatic heterocycles. The maximum absolute atomic E-state index is 12.3. The normalized spacial score (nSPS) is 13.6. The first-order valence-electron chi connectivity index (χ1n) is 4.69. The van der Waals surface area contributed by atoms with Gasteiger partial charge in [0.15, 0.2) is 5.82 Å². The fourth-order valence-electron chi connectivity index (χ4n) is 1.36. The molecular formula is C10H8F3N3O. The number of rotatable bonds is 2. The molecule has 2 N–H and O–H groups in total. The van der Waals surface area contributed by atoms with Crippen LogP contribution < -0.4 is 0 Å². The standard InChI is InChI=1S/C10H8F3N3O/c11-10(12,13)7-3-1-6(2-4-7)8(17)9-14-5-15-16-9/h1-5,8,17H,(H,14,15,16). The van der Waals surface area contributed by atoms with Crippen LogP contribution in [-0.2, 0) is 6.18 Å². The number of benzene rings is 1. The van der Waals surface area contributed by atoms with Gasteiger partial charge in [0.2, 0.25) is 0 Å². The largest absolute Gasteiger partial charge is 0.416 e. The van der Waals surface area contributed by atoms with Gasteiger partial charge in [0, 0.05) is 0 Å². The van der Waals surface area contributed by atoms with E-state index in [2.05, 4.69) is 15.2 Å². The Kier molecular flexibility index (Phi) is 2.84. The van der Waals surface area contributed by atoms with Gasteiger partial charge in [0.05, 0.1) is 5.56 Å². The summed E-state index contributed by atoms with van der Waals surface area (Å²) in [5.41, 5.74) is -0.444. The SMILES string of the molecule is OC(c1ccc(C(F)(F)F)cc1)c1ncn[nH]1. The predicted molar refractivity (Wildman–Crippen MR) is 51.9 cm³/mol. The molecule has 0 saturated carbocycles. The van der Waals surface area contributed by atoms with Crippen LogP contribution in [-0.4, -0.2) is 20.3 Å². The maximum Gasteiger partial charge on any atom is 0.416 e. The number of alkyl halides is 3. The van der Waals surface area contributed by atoms with E-state index in [0.29, 0.717) is 5.56 Å². The molecule has 17 heavy (non-hydrogen) atoms. The third kappa shape index (κ3) is 2.44. The van der Waals surface area contributed by atoms with E-state index in [1.165, 1.54) is 18.5 Å². The molecule has 1 heterocycles. The number of aliphatic hydroxyl groups excluding tert-OH is 1. The monoisotopic (exact) mass is 243 g/mol. The highest BCUT2D eigenvalue weighted by atomic mass is 19.4. The summed E-state index contributed by atoms with van der Waals surface area (Å²) >= 11 is 0. The Hall–Kier alpha value is -1.89. The molecule has 7 heteroatoms. The van der Waals surface area contributed by atoms with Crippen LogP contribution in [0, 0.1) is 0 Å². The van der Waals surface area contributed by atoms with Crippen LogP contribution >= 0.6 is 0 Å². The molecule has 0 aliphatic rings. The Morgan fingerprint density at radius 3 is 2.29 bits per heavy atom. The molecule has 2 aromatic rings. The molecule has 0 spiro atoms. The number of hydrogen-bond acceptors (Lipinski definition) is 3. The summed E-state index contributed by atoms with van der Waals surface area (Å²) in [5, 5.41) is 15.8. The first-order valence-corrected chi connectivity index (χ1v) is 4.69. The zero-order chi connectivity index (χ0) is 12.5. The van der Waals surface area contributed by atoms with Gasteiger partial charge < -0.3 is 5.11 Å². The Labute approximate surface area is 94.1 Å². The molecule has 90 valence electrons. The van der Waals surface area contributed by atoms with Crippen LogP contribution in [0.25, 0.3) is 0 Å². The average molecular weight is 243 g/mol. The van der Waals surface area contributed by atoms with Gasteiger partial charge in [-0.3, -0.25) is 5.10 Å². The molecule has 2 rings (SSSR count). The van der Waals surface area contributed by atoms with Crippen molar-refractivity contribution in [2.45, 2.75) is 12.3 Å². The zero-order valence-electron chi connectivity index (χ0n) is 8.44. The van der Waals surface area contributed by atoms with Crippen LogP contribution in [0.15, 0.2) is 30.6 Å². The quantitative estimate of drug-likeness (QED) is 0.846. The van der Waals surface area contributed by atoms with Crippen molar-refractivity contribution in [1.82, 2.24) is 15.2 Å². The molecule has 0 bridgehead atoms. The van der Waals surface area contributed by atoms with Crippen molar-refractivity contribution in [2.24, 2.45) is 0 Å². The van der Waals surface area contributed by atoms with E-state index in [1.54, 1.807) is 0 Å². The Morgan fingerprint density at radius 2 is 1.82 bits per heavy atom. The van der Waals surface area contributed by atoms with Gasteiger partial charge >= 0.3 is 6.18 Å². The van der Waals surface area contributed by atoms with Crippen molar-refractivity contribution in [1.29, 1.82) is 0 Å². The second-order valence-corrected chi connectivity index (χ2v) is 3.39. The van der Waals surface area contributed by atoms with Gasteiger partial charge in [-0.2, -0.15) is 18.3 Å². The van der Waals surface area contributed by atoms with Crippen LogP contribution in [0.4, 0.5) is 13.2 Å². The second kappa shape index (κ2) is 4.17. The van der Waals surface area contributed by atoms with E-state index >= 15 is 0 Å². The van der Waals surface area contributed by atoms with Crippen LogP contribution in [0.1, 0.15) is 23.1 Å². The van der Waals surface area contributed by atoms with E-state index in [1.807, 2.05) is 0 Å². The smallest absolute Gasteiger partial charge is 0.380 e. The van der Waals surface area contributed by atoms with E-state index in [4.69, 9.17) is 0 Å². The number of aromatic nitrogens is 3. The highest BCUT2D eigenvalue weighted by Crippen LogP contribution is 2.30. The first-order chi connectivity index (χ1) is 7.98. The molecule has 0 saturated heterocycles. The summed E-state index contributed by atoms with van der Waals surface area (Å²) in [7, 11) is 0. The lowest BCUT2D eigenvalue weighted by Gasteiger charge is -2.10. The molecule has 1 atom stereocenters. The Balaban J connectivity index is 2.24. The Morgan fingerprint density at radius 1 is 1.18 bits per heavy atom. The lowest BCUT2D eigenvalue weighted by molar-refractivity contribution is -0.137. The maximum atomic E-state index is 12.3. The molecule has 0 fully saturated rings. The highest BCUT2D eigenvalue weighted by Gasteiger charge is 2.30. The van der Waals surface area contributed by atoms with Crippen LogP contribution in [0.5, 0.6) is 0 Å².